The molecule has 0 aliphatic carbocycles. The van der Waals surface area contributed by atoms with Gasteiger partial charge < -0.3 is 15.0 Å². The first kappa shape index (κ1) is 18.6. The summed E-state index contributed by atoms with van der Waals surface area (Å²) >= 11 is 0. The summed E-state index contributed by atoms with van der Waals surface area (Å²) in [4.78, 5) is 6.71. The first-order valence-electron chi connectivity index (χ1n) is 8.01. The molecule has 0 aromatic heterocycles. The van der Waals surface area contributed by atoms with E-state index < -0.39 is 0 Å². The maximum Gasteiger partial charge on any atom is 0.198 e. The average Bonchev–Trinajstić information content (AvgIpc) is 3.03. The van der Waals surface area contributed by atoms with E-state index in [0.29, 0.717) is 0 Å². The zero-order chi connectivity index (χ0) is 16.1. The van der Waals surface area contributed by atoms with Crippen LogP contribution in [0.5, 0.6) is 5.75 Å². The van der Waals surface area contributed by atoms with Crippen LogP contribution in [0.15, 0.2) is 53.5 Å². The van der Waals surface area contributed by atoms with E-state index >= 15 is 0 Å². The third-order valence-corrected chi connectivity index (χ3v) is 4.21. The largest absolute Gasteiger partial charge is 0.497 e. The number of rotatable bonds is 4. The highest BCUT2D eigenvalue weighted by atomic mass is 127. The van der Waals surface area contributed by atoms with Crippen molar-refractivity contribution < 1.29 is 4.74 Å². The Morgan fingerprint density at radius 3 is 2.62 bits per heavy atom. The van der Waals surface area contributed by atoms with Crippen molar-refractivity contribution in [2.75, 3.05) is 32.1 Å². The fourth-order valence-electron chi connectivity index (χ4n) is 2.96. The Morgan fingerprint density at radius 1 is 1.17 bits per heavy atom. The van der Waals surface area contributed by atoms with E-state index in [1.165, 1.54) is 16.8 Å². The third kappa shape index (κ3) is 4.20. The molecular formula is C19H24IN3O. The number of hydrogen-bond donors (Lipinski definition) is 1. The molecule has 0 radical (unpaired) electrons. The van der Waals surface area contributed by atoms with Crippen LogP contribution in [0.2, 0.25) is 0 Å². The minimum atomic E-state index is 0. The van der Waals surface area contributed by atoms with E-state index in [4.69, 9.17) is 4.74 Å². The van der Waals surface area contributed by atoms with Crippen molar-refractivity contribution in [2.24, 2.45) is 4.99 Å². The van der Waals surface area contributed by atoms with E-state index in [9.17, 15) is 0 Å². The van der Waals surface area contributed by atoms with Crippen molar-refractivity contribution in [3.8, 4) is 5.75 Å². The molecule has 1 N–H and O–H groups in total. The number of ether oxygens (including phenoxy) is 1. The number of anilines is 1. The zero-order valence-electron chi connectivity index (χ0n) is 14.2. The Morgan fingerprint density at radius 2 is 1.92 bits per heavy atom. The number of nitrogens with one attached hydrogen (secondary N) is 1. The van der Waals surface area contributed by atoms with Crippen molar-refractivity contribution in [1.82, 2.24) is 5.32 Å². The number of hydrogen-bond acceptors (Lipinski definition) is 2. The Labute approximate surface area is 160 Å². The van der Waals surface area contributed by atoms with Crippen molar-refractivity contribution in [2.45, 2.75) is 12.8 Å². The molecule has 0 spiro atoms. The molecule has 0 amide bonds. The lowest BCUT2D eigenvalue weighted by molar-refractivity contribution is 0.414. The second kappa shape index (κ2) is 8.92. The molecule has 0 saturated heterocycles. The van der Waals surface area contributed by atoms with Crippen LogP contribution in [-0.4, -0.2) is 33.2 Å². The molecule has 24 heavy (non-hydrogen) atoms. The van der Waals surface area contributed by atoms with E-state index in [2.05, 4.69) is 51.6 Å². The third-order valence-electron chi connectivity index (χ3n) is 4.21. The van der Waals surface area contributed by atoms with Crippen LogP contribution in [0.25, 0.3) is 0 Å². The lowest BCUT2D eigenvalue weighted by atomic mass is 10.1. The van der Waals surface area contributed by atoms with Crippen LogP contribution in [0.3, 0.4) is 0 Å². The predicted molar refractivity (Wildman–Crippen MR) is 111 cm³/mol. The fraction of sp³-hybridized carbons (Fsp3) is 0.316. The molecule has 0 fully saturated rings. The Hall–Kier alpha value is -1.76. The van der Waals surface area contributed by atoms with E-state index in [-0.39, 0.29) is 24.0 Å². The van der Waals surface area contributed by atoms with Crippen LogP contribution >= 0.6 is 24.0 Å². The minimum absolute atomic E-state index is 0. The van der Waals surface area contributed by atoms with E-state index in [1.54, 1.807) is 7.11 Å². The topological polar surface area (TPSA) is 36.9 Å². The maximum atomic E-state index is 5.19. The summed E-state index contributed by atoms with van der Waals surface area (Å²) < 4.78 is 5.19. The standard InChI is InChI=1S/C19H23N3O.HI/c1-20-19(22-14-12-16-5-3-4-6-18(16)22)21-13-11-15-7-9-17(23-2)10-8-15;/h3-10H,11-14H2,1-2H3,(H,20,21);1H. The first-order valence-corrected chi connectivity index (χ1v) is 8.01. The Kier molecular flexibility index (Phi) is 6.90. The van der Waals surface area contributed by atoms with Crippen molar-refractivity contribution in [3.63, 3.8) is 0 Å². The van der Waals surface area contributed by atoms with Gasteiger partial charge >= 0.3 is 0 Å². The molecule has 1 aliphatic rings. The van der Waals surface area contributed by atoms with Gasteiger partial charge in [0.1, 0.15) is 5.75 Å². The highest BCUT2D eigenvalue weighted by molar-refractivity contribution is 14.0. The molecule has 0 saturated carbocycles. The van der Waals surface area contributed by atoms with Crippen molar-refractivity contribution in [3.05, 3.63) is 59.7 Å². The fourth-order valence-corrected chi connectivity index (χ4v) is 2.96. The van der Waals surface area contributed by atoms with Crippen LogP contribution in [0, 0.1) is 0 Å². The highest BCUT2D eigenvalue weighted by Gasteiger charge is 2.21. The number of fused-ring (bicyclic) bond motifs is 1. The van der Waals surface area contributed by atoms with Gasteiger partial charge in [0.25, 0.3) is 0 Å². The SMILES string of the molecule is CN=C(NCCc1ccc(OC)cc1)N1CCc2ccccc21.I. The number of aliphatic imine (C=N–C) groups is 1. The molecule has 128 valence electrons. The van der Waals surface area contributed by atoms with Gasteiger partial charge in [-0.25, -0.2) is 0 Å². The number of para-hydroxylation sites is 1. The predicted octanol–water partition coefficient (Wildman–Crippen LogP) is 3.49. The molecule has 1 aliphatic heterocycles. The second-order valence-electron chi connectivity index (χ2n) is 5.60. The highest BCUT2D eigenvalue weighted by Crippen LogP contribution is 2.27. The van der Waals surface area contributed by atoms with E-state index in [0.717, 1.165) is 37.6 Å². The van der Waals surface area contributed by atoms with Gasteiger partial charge in [0.05, 0.1) is 7.11 Å². The summed E-state index contributed by atoms with van der Waals surface area (Å²) in [5, 5.41) is 3.47. The number of halogens is 1. The zero-order valence-corrected chi connectivity index (χ0v) is 16.5. The smallest absolute Gasteiger partial charge is 0.198 e. The Bertz CT molecular complexity index is 685. The molecule has 0 unspecified atom stereocenters. The monoisotopic (exact) mass is 437 g/mol. The molecule has 3 rings (SSSR count). The van der Waals surface area contributed by atoms with Crippen LogP contribution < -0.4 is 15.0 Å². The lowest BCUT2D eigenvalue weighted by Crippen LogP contribution is -2.41. The van der Waals surface area contributed by atoms with Crippen LogP contribution in [0.4, 0.5) is 5.69 Å². The maximum absolute atomic E-state index is 5.19. The molecule has 1 heterocycles. The average molecular weight is 437 g/mol. The molecule has 4 nitrogen and oxygen atoms in total. The lowest BCUT2D eigenvalue weighted by Gasteiger charge is -2.22. The van der Waals surface area contributed by atoms with Crippen molar-refractivity contribution >= 4 is 35.6 Å². The first-order chi connectivity index (χ1) is 11.3. The normalized spacial score (nSPS) is 13.2. The number of benzene rings is 2. The molecule has 0 atom stereocenters. The quantitative estimate of drug-likeness (QED) is 0.452. The van der Waals surface area contributed by atoms with Crippen LogP contribution in [0.1, 0.15) is 11.1 Å². The summed E-state index contributed by atoms with van der Waals surface area (Å²) in [7, 11) is 3.53. The van der Waals surface area contributed by atoms with Crippen LogP contribution in [-0.2, 0) is 12.8 Å². The summed E-state index contributed by atoms with van der Waals surface area (Å²) in [6, 6.07) is 16.8. The molecule has 0 bridgehead atoms. The van der Waals surface area contributed by atoms with Gasteiger partial charge in [-0.15, -0.1) is 24.0 Å². The van der Waals surface area contributed by atoms with Gasteiger partial charge in [0.15, 0.2) is 5.96 Å². The molecule has 2 aromatic rings. The summed E-state index contributed by atoms with van der Waals surface area (Å²) in [6.07, 6.45) is 2.04. The minimum Gasteiger partial charge on any atom is -0.497 e. The van der Waals surface area contributed by atoms with Gasteiger partial charge in [-0.2, -0.15) is 0 Å². The van der Waals surface area contributed by atoms with Crippen molar-refractivity contribution in [1.29, 1.82) is 0 Å². The molecule has 5 heteroatoms. The van der Waals surface area contributed by atoms with Gasteiger partial charge in [-0.1, -0.05) is 30.3 Å². The molecule has 2 aromatic carbocycles. The van der Waals surface area contributed by atoms with Gasteiger partial charge in [0, 0.05) is 25.8 Å². The van der Waals surface area contributed by atoms with E-state index in [1.807, 2.05) is 19.2 Å². The van der Waals surface area contributed by atoms with Gasteiger partial charge in [-0.05, 0) is 42.2 Å². The molecular weight excluding hydrogens is 413 g/mol. The number of nitrogens with zero attached hydrogens (tertiary/aromatic N) is 2. The summed E-state index contributed by atoms with van der Waals surface area (Å²) in [5.74, 6) is 1.84. The summed E-state index contributed by atoms with van der Waals surface area (Å²) in [5.41, 5.74) is 3.95. The van der Waals surface area contributed by atoms with Gasteiger partial charge in [0.2, 0.25) is 0 Å². The number of guanidine groups is 1. The summed E-state index contributed by atoms with van der Waals surface area (Å²) in [6.45, 7) is 1.85. The number of methoxy groups -OCH3 is 1. The Balaban J connectivity index is 0.00000208. The van der Waals surface area contributed by atoms with Gasteiger partial charge in [-0.3, -0.25) is 4.99 Å². The second-order valence-corrected chi connectivity index (χ2v) is 5.60.